The zero-order chi connectivity index (χ0) is 13.8. The van der Waals surface area contributed by atoms with Gasteiger partial charge in [-0.1, -0.05) is 12.2 Å². The van der Waals surface area contributed by atoms with Crippen molar-refractivity contribution in [2.24, 2.45) is 5.73 Å². The Morgan fingerprint density at radius 3 is 2.79 bits per heavy atom. The fraction of sp³-hybridized carbons (Fsp3) is 0.214. The van der Waals surface area contributed by atoms with Crippen LogP contribution < -0.4 is 15.4 Å². The number of thiophene rings is 1. The summed E-state index contributed by atoms with van der Waals surface area (Å²) in [5.41, 5.74) is 8.90. The third-order valence-corrected chi connectivity index (χ3v) is 3.83. The van der Waals surface area contributed by atoms with Gasteiger partial charge in [0.1, 0.15) is 10.7 Å². The normalized spacial score (nSPS) is 10.2. The van der Waals surface area contributed by atoms with Gasteiger partial charge in [0.05, 0.1) is 12.8 Å². The summed E-state index contributed by atoms with van der Waals surface area (Å²) < 4.78 is 5.27. The van der Waals surface area contributed by atoms with Crippen LogP contribution in [-0.4, -0.2) is 19.1 Å². The molecule has 0 radical (unpaired) electrons. The lowest BCUT2D eigenvalue weighted by Crippen LogP contribution is -2.21. The Morgan fingerprint density at radius 2 is 2.21 bits per heavy atom. The number of anilines is 1. The number of methoxy groups -OCH3 is 1. The molecule has 2 aromatic rings. The van der Waals surface area contributed by atoms with Gasteiger partial charge in [-0.15, -0.1) is 0 Å². The van der Waals surface area contributed by atoms with Crippen molar-refractivity contribution < 1.29 is 4.74 Å². The summed E-state index contributed by atoms with van der Waals surface area (Å²) in [6.45, 7) is 0.812. The minimum atomic E-state index is 0.398. The van der Waals surface area contributed by atoms with Crippen LogP contribution in [0.5, 0.6) is 5.75 Å². The van der Waals surface area contributed by atoms with Crippen LogP contribution in [0.3, 0.4) is 0 Å². The molecule has 1 aromatic carbocycles. The molecule has 0 spiro atoms. The molecule has 0 bridgehead atoms. The molecular weight excluding hydrogens is 276 g/mol. The summed E-state index contributed by atoms with van der Waals surface area (Å²) in [5, 5.41) is 4.21. The molecule has 0 aliphatic rings. The molecule has 0 saturated heterocycles. The molecule has 5 heteroatoms. The zero-order valence-electron chi connectivity index (χ0n) is 10.9. The van der Waals surface area contributed by atoms with Crippen molar-refractivity contribution in [1.82, 2.24) is 0 Å². The average Bonchev–Trinajstić information content (AvgIpc) is 2.90. The second-order valence-corrected chi connectivity index (χ2v) is 5.45. The summed E-state index contributed by atoms with van der Waals surface area (Å²) in [6.07, 6.45) is 0. The molecule has 3 nitrogen and oxygen atoms in total. The van der Waals surface area contributed by atoms with Crippen LogP contribution in [0.2, 0.25) is 0 Å². The lowest BCUT2D eigenvalue weighted by molar-refractivity contribution is 0.415. The Bertz CT molecular complexity index is 567. The molecule has 2 rings (SSSR count). The van der Waals surface area contributed by atoms with Gasteiger partial charge < -0.3 is 15.4 Å². The maximum atomic E-state index is 5.78. The number of nitrogens with two attached hydrogens (primary N) is 1. The number of thiocarbonyl (C=S) groups is 1. The van der Waals surface area contributed by atoms with Gasteiger partial charge in [0.25, 0.3) is 0 Å². The topological polar surface area (TPSA) is 38.5 Å². The van der Waals surface area contributed by atoms with Crippen LogP contribution in [0.15, 0.2) is 35.0 Å². The minimum absolute atomic E-state index is 0.398. The summed E-state index contributed by atoms with van der Waals surface area (Å²) in [5.74, 6) is 0.798. The molecule has 0 unspecified atom stereocenters. The number of hydrogen-bond acceptors (Lipinski definition) is 4. The number of nitrogens with zero attached hydrogens (tertiary/aromatic N) is 1. The van der Waals surface area contributed by atoms with E-state index in [0.29, 0.717) is 4.99 Å². The maximum absolute atomic E-state index is 5.78. The third kappa shape index (κ3) is 3.24. The van der Waals surface area contributed by atoms with E-state index in [-0.39, 0.29) is 0 Å². The summed E-state index contributed by atoms with van der Waals surface area (Å²) in [6, 6.07) is 7.85. The Labute approximate surface area is 122 Å². The second kappa shape index (κ2) is 6.04. The Hall–Kier alpha value is -1.59. The number of ether oxygens (including phenoxy) is 1. The molecule has 1 heterocycles. The van der Waals surface area contributed by atoms with Crippen LogP contribution in [0, 0.1) is 0 Å². The monoisotopic (exact) mass is 292 g/mol. The molecule has 0 atom stereocenters. The van der Waals surface area contributed by atoms with Gasteiger partial charge in [0.2, 0.25) is 0 Å². The first-order valence-corrected chi connectivity index (χ1v) is 7.17. The second-order valence-electron chi connectivity index (χ2n) is 4.23. The van der Waals surface area contributed by atoms with E-state index in [4.69, 9.17) is 22.7 Å². The van der Waals surface area contributed by atoms with Gasteiger partial charge in [-0.05, 0) is 34.5 Å². The largest absolute Gasteiger partial charge is 0.497 e. The molecule has 100 valence electrons. The van der Waals surface area contributed by atoms with E-state index in [1.54, 1.807) is 18.4 Å². The van der Waals surface area contributed by atoms with Gasteiger partial charge in [0, 0.05) is 25.2 Å². The third-order valence-electron chi connectivity index (χ3n) is 2.88. The highest BCUT2D eigenvalue weighted by atomic mass is 32.1. The van der Waals surface area contributed by atoms with Crippen molar-refractivity contribution >= 4 is 34.2 Å². The molecule has 19 heavy (non-hydrogen) atoms. The van der Waals surface area contributed by atoms with Crippen LogP contribution in [0.4, 0.5) is 5.69 Å². The van der Waals surface area contributed by atoms with E-state index in [9.17, 15) is 0 Å². The highest BCUT2D eigenvalue weighted by molar-refractivity contribution is 7.80. The molecule has 0 aliphatic heterocycles. The molecule has 1 aromatic heterocycles. The fourth-order valence-electron chi connectivity index (χ4n) is 1.90. The van der Waals surface area contributed by atoms with Gasteiger partial charge in [-0.2, -0.15) is 11.3 Å². The molecule has 0 fully saturated rings. The SMILES string of the molecule is COc1ccc(C(N)=S)c(N(C)Cc2ccsc2)c1. The highest BCUT2D eigenvalue weighted by Gasteiger charge is 2.11. The minimum Gasteiger partial charge on any atom is -0.497 e. The smallest absolute Gasteiger partial charge is 0.120 e. The Morgan fingerprint density at radius 1 is 1.42 bits per heavy atom. The standard InChI is InChI=1S/C14H16N2OS2/c1-16(8-10-5-6-19-9-10)13-7-11(17-2)3-4-12(13)14(15)18/h3-7,9H,8H2,1-2H3,(H2,15,18). The van der Waals surface area contributed by atoms with E-state index >= 15 is 0 Å². The molecule has 0 saturated carbocycles. The Balaban J connectivity index is 2.32. The van der Waals surface area contributed by atoms with Crippen LogP contribution >= 0.6 is 23.6 Å². The Kier molecular flexibility index (Phi) is 4.39. The van der Waals surface area contributed by atoms with Gasteiger partial charge in [0.15, 0.2) is 0 Å². The summed E-state index contributed by atoms with van der Waals surface area (Å²) >= 11 is 6.80. The van der Waals surface area contributed by atoms with Gasteiger partial charge in [-0.25, -0.2) is 0 Å². The zero-order valence-corrected chi connectivity index (χ0v) is 12.6. The lowest BCUT2D eigenvalue weighted by Gasteiger charge is -2.22. The van der Waals surface area contributed by atoms with E-state index < -0.39 is 0 Å². The van der Waals surface area contributed by atoms with Gasteiger partial charge >= 0.3 is 0 Å². The molecule has 0 aliphatic carbocycles. The lowest BCUT2D eigenvalue weighted by atomic mass is 10.1. The number of benzene rings is 1. The van der Waals surface area contributed by atoms with Gasteiger partial charge in [-0.3, -0.25) is 0 Å². The first-order chi connectivity index (χ1) is 9.11. The highest BCUT2D eigenvalue weighted by Crippen LogP contribution is 2.26. The summed E-state index contributed by atoms with van der Waals surface area (Å²) in [7, 11) is 3.67. The average molecular weight is 292 g/mol. The summed E-state index contributed by atoms with van der Waals surface area (Å²) in [4.78, 5) is 2.52. The molecular formula is C14H16N2OS2. The number of hydrogen-bond donors (Lipinski definition) is 1. The number of rotatable bonds is 5. The predicted molar refractivity (Wildman–Crippen MR) is 85.3 cm³/mol. The van der Waals surface area contributed by atoms with E-state index in [2.05, 4.69) is 21.7 Å². The quantitative estimate of drug-likeness (QED) is 0.860. The van der Waals surface area contributed by atoms with E-state index in [1.807, 2.05) is 25.2 Å². The fourth-order valence-corrected chi connectivity index (χ4v) is 2.74. The van der Waals surface area contributed by atoms with Crippen molar-refractivity contribution in [3.05, 3.63) is 46.2 Å². The van der Waals surface area contributed by atoms with Crippen LogP contribution in [-0.2, 0) is 6.54 Å². The first kappa shape index (κ1) is 13.8. The van der Waals surface area contributed by atoms with Crippen molar-refractivity contribution in [2.75, 3.05) is 19.1 Å². The van der Waals surface area contributed by atoms with E-state index in [1.165, 1.54) is 5.56 Å². The molecule has 2 N–H and O–H groups in total. The first-order valence-electron chi connectivity index (χ1n) is 5.82. The van der Waals surface area contributed by atoms with Crippen LogP contribution in [0.25, 0.3) is 0 Å². The predicted octanol–water partition coefficient (Wildman–Crippen LogP) is 3.03. The van der Waals surface area contributed by atoms with Crippen LogP contribution in [0.1, 0.15) is 11.1 Å². The van der Waals surface area contributed by atoms with Crippen molar-refractivity contribution in [3.63, 3.8) is 0 Å². The van der Waals surface area contributed by atoms with Crippen molar-refractivity contribution in [1.29, 1.82) is 0 Å². The van der Waals surface area contributed by atoms with Crippen molar-refractivity contribution in [2.45, 2.75) is 6.54 Å². The maximum Gasteiger partial charge on any atom is 0.120 e. The molecule has 0 amide bonds. The van der Waals surface area contributed by atoms with E-state index in [0.717, 1.165) is 23.5 Å². The van der Waals surface area contributed by atoms with Crippen molar-refractivity contribution in [3.8, 4) is 5.75 Å².